The normalized spacial score (nSPS) is 10.2. The van der Waals surface area contributed by atoms with E-state index in [9.17, 15) is 0 Å². The average Bonchev–Trinajstić information content (AvgIpc) is 2.20. The molecule has 4 nitrogen and oxygen atoms in total. The number of hydrogen-bond acceptors (Lipinski definition) is 4. The number of aliphatic hydroxyl groups is 1. The van der Waals surface area contributed by atoms with Gasteiger partial charge in [-0.15, -0.1) is 0 Å². The molecule has 0 bridgehead atoms. The van der Waals surface area contributed by atoms with Crippen molar-refractivity contribution in [3.8, 4) is 0 Å². The fourth-order valence-corrected chi connectivity index (χ4v) is 1.36. The fraction of sp³-hybridized carbons (Fsp3) is 0.556. The van der Waals surface area contributed by atoms with Crippen molar-refractivity contribution in [3.05, 3.63) is 16.5 Å². The molecule has 0 saturated heterocycles. The summed E-state index contributed by atoms with van der Waals surface area (Å²) in [5.74, 6) is 0.671. The van der Waals surface area contributed by atoms with Crippen LogP contribution in [0.25, 0.3) is 0 Å². The molecule has 2 N–H and O–H groups in total. The highest BCUT2D eigenvalue weighted by molar-refractivity contribution is 9.10. The van der Waals surface area contributed by atoms with Gasteiger partial charge < -0.3 is 10.4 Å². The van der Waals surface area contributed by atoms with Gasteiger partial charge in [0.1, 0.15) is 16.1 Å². The van der Waals surface area contributed by atoms with E-state index in [1.165, 1.54) is 0 Å². The van der Waals surface area contributed by atoms with Crippen LogP contribution in [0.5, 0.6) is 0 Å². The smallest absolute Gasteiger partial charge is 0.150 e. The Bertz CT molecular complexity index is 293. The van der Waals surface area contributed by atoms with E-state index in [4.69, 9.17) is 5.11 Å². The van der Waals surface area contributed by atoms with E-state index in [0.29, 0.717) is 16.1 Å². The molecule has 0 saturated carbocycles. The molecule has 5 heteroatoms. The van der Waals surface area contributed by atoms with Crippen molar-refractivity contribution in [1.82, 2.24) is 9.97 Å². The second-order valence-corrected chi connectivity index (χ2v) is 3.74. The lowest BCUT2D eigenvalue weighted by molar-refractivity contribution is 0.277. The van der Waals surface area contributed by atoms with Gasteiger partial charge in [-0.05, 0) is 22.4 Å². The third kappa shape index (κ3) is 3.23. The lowest BCUT2D eigenvalue weighted by Crippen LogP contribution is -2.07. The number of hydrogen-bond donors (Lipinski definition) is 2. The summed E-state index contributed by atoms with van der Waals surface area (Å²) < 4.78 is 0.641. The molecule has 0 fully saturated rings. The monoisotopic (exact) mass is 259 g/mol. The zero-order valence-electron chi connectivity index (χ0n) is 8.13. The number of aliphatic hydroxyl groups excluding tert-OH is 1. The quantitative estimate of drug-likeness (QED) is 0.794. The second-order valence-electron chi connectivity index (χ2n) is 2.93. The summed E-state index contributed by atoms with van der Waals surface area (Å²) in [4.78, 5) is 8.25. The average molecular weight is 260 g/mol. The zero-order valence-corrected chi connectivity index (χ0v) is 9.71. The van der Waals surface area contributed by atoms with E-state index in [2.05, 4.69) is 38.1 Å². The zero-order chi connectivity index (χ0) is 10.4. The molecule has 78 valence electrons. The number of rotatable bonds is 5. The Balaban J connectivity index is 2.65. The van der Waals surface area contributed by atoms with Gasteiger partial charge in [-0.25, -0.2) is 9.97 Å². The van der Waals surface area contributed by atoms with Gasteiger partial charge in [-0.3, -0.25) is 0 Å². The molecule has 0 spiro atoms. The Morgan fingerprint density at radius 1 is 1.57 bits per heavy atom. The van der Waals surface area contributed by atoms with Crippen LogP contribution in [-0.4, -0.2) is 21.6 Å². The second kappa shape index (κ2) is 5.93. The highest BCUT2D eigenvalue weighted by atomic mass is 79.9. The van der Waals surface area contributed by atoms with Gasteiger partial charge >= 0.3 is 0 Å². The van der Waals surface area contributed by atoms with Gasteiger partial charge in [0.2, 0.25) is 0 Å². The van der Waals surface area contributed by atoms with Crippen LogP contribution < -0.4 is 5.32 Å². The van der Waals surface area contributed by atoms with Crippen LogP contribution in [0.1, 0.15) is 25.5 Å². The first kappa shape index (κ1) is 11.4. The first-order valence-electron chi connectivity index (χ1n) is 4.64. The molecule has 1 heterocycles. The largest absolute Gasteiger partial charge is 0.390 e. The Morgan fingerprint density at radius 2 is 2.36 bits per heavy atom. The summed E-state index contributed by atoms with van der Waals surface area (Å²) >= 11 is 3.21. The van der Waals surface area contributed by atoms with E-state index in [-0.39, 0.29) is 6.61 Å². The van der Waals surface area contributed by atoms with Crippen LogP contribution in [0.3, 0.4) is 0 Å². The molecule has 0 aromatic carbocycles. The highest BCUT2D eigenvalue weighted by Gasteiger charge is 2.04. The van der Waals surface area contributed by atoms with Crippen molar-refractivity contribution >= 4 is 21.7 Å². The molecule has 0 aliphatic rings. The van der Waals surface area contributed by atoms with Crippen LogP contribution in [-0.2, 0) is 6.61 Å². The number of halogens is 1. The standard InChI is InChI=1S/C9H14BrN3O/c1-2-3-4-11-9-7(6-14)13-8(10)5-12-9/h5,14H,2-4,6H2,1H3,(H,11,12). The predicted octanol–water partition coefficient (Wildman–Crippen LogP) is 1.94. The number of nitrogens with one attached hydrogen (secondary N) is 1. The third-order valence-corrected chi connectivity index (χ3v) is 2.17. The van der Waals surface area contributed by atoms with Gasteiger partial charge in [0.25, 0.3) is 0 Å². The molecule has 0 amide bonds. The number of unbranched alkanes of at least 4 members (excludes halogenated alkanes) is 1. The number of nitrogens with zero attached hydrogens (tertiary/aromatic N) is 2. The summed E-state index contributed by atoms with van der Waals surface area (Å²) in [6, 6.07) is 0. The molecule has 0 aliphatic heterocycles. The van der Waals surface area contributed by atoms with E-state index in [1.54, 1.807) is 6.20 Å². The maximum atomic E-state index is 9.04. The first-order chi connectivity index (χ1) is 6.77. The van der Waals surface area contributed by atoms with Gasteiger partial charge in [0.05, 0.1) is 12.8 Å². The van der Waals surface area contributed by atoms with Crippen molar-refractivity contribution in [3.63, 3.8) is 0 Å². The maximum absolute atomic E-state index is 9.04. The topological polar surface area (TPSA) is 58.0 Å². The molecule has 0 unspecified atom stereocenters. The Kier molecular flexibility index (Phi) is 4.82. The minimum Gasteiger partial charge on any atom is -0.390 e. The predicted molar refractivity (Wildman–Crippen MR) is 59.1 cm³/mol. The van der Waals surface area contributed by atoms with Crippen LogP contribution in [0.15, 0.2) is 10.8 Å². The minimum atomic E-state index is -0.0963. The van der Waals surface area contributed by atoms with E-state index in [0.717, 1.165) is 19.4 Å². The summed E-state index contributed by atoms with van der Waals surface area (Å²) in [5, 5.41) is 12.2. The minimum absolute atomic E-state index is 0.0963. The highest BCUT2D eigenvalue weighted by Crippen LogP contribution is 2.13. The number of anilines is 1. The summed E-state index contributed by atoms with van der Waals surface area (Å²) in [5.41, 5.74) is 0.579. The molecule has 1 aromatic heterocycles. The SMILES string of the molecule is CCCCNc1ncc(Br)nc1CO. The van der Waals surface area contributed by atoms with Crippen LogP contribution >= 0.6 is 15.9 Å². The van der Waals surface area contributed by atoms with Crippen molar-refractivity contribution in [2.45, 2.75) is 26.4 Å². The van der Waals surface area contributed by atoms with Gasteiger partial charge in [-0.2, -0.15) is 0 Å². The molecule has 14 heavy (non-hydrogen) atoms. The van der Waals surface area contributed by atoms with E-state index >= 15 is 0 Å². The van der Waals surface area contributed by atoms with Crippen molar-refractivity contribution in [2.24, 2.45) is 0 Å². The summed E-state index contributed by atoms with van der Waals surface area (Å²) in [6.45, 7) is 2.89. The fourth-order valence-electron chi connectivity index (χ4n) is 1.04. The lowest BCUT2D eigenvalue weighted by Gasteiger charge is -2.07. The van der Waals surface area contributed by atoms with Crippen molar-refractivity contribution in [1.29, 1.82) is 0 Å². The summed E-state index contributed by atoms with van der Waals surface area (Å²) in [6.07, 6.45) is 3.83. The van der Waals surface area contributed by atoms with E-state index < -0.39 is 0 Å². The maximum Gasteiger partial charge on any atom is 0.150 e. The van der Waals surface area contributed by atoms with Crippen LogP contribution in [0.2, 0.25) is 0 Å². The van der Waals surface area contributed by atoms with Crippen LogP contribution in [0, 0.1) is 0 Å². The van der Waals surface area contributed by atoms with Crippen molar-refractivity contribution in [2.75, 3.05) is 11.9 Å². The van der Waals surface area contributed by atoms with Crippen LogP contribution in [0.4, 0.5) is 5.82 Å². The molecule has 0 aliphatic carbocycles. The lowest BCUT2D eigenvalue weighted by atomic mass is 10.3. The Labute approximate surface area is 91.9 Å². The Morgan fingerprint density at radius 3 is 3.00 bits per heavy atom. The van der Waals surface area contributed by atoms with Crippen molar-refractivity contribution < 1.29 is 5.11 Å². The van der Waals surface area contributed by atoms with Gasteiger partial charge in [0, 0.05) is 6.54 Å². The molecular weight excluding hydrogens is 246 g/mol. The van der Waals surface area contributed by atoms with Gasteiger partial charge in [0.15, 0.2) is 0 Å². The van der Waals surface area contributed by atoms with Gasteiger partial charge in [-0.1, -0.05) is 13.3 Å². The first-order valence-corrected chi connectivity index (χ1v) is 5.43. The molecule has 0 atom stereocenters. The number of aromatic nitrogens is 2. The molecule has 1 aromatic rings. The molecule has 0 radical (unpaired) electrons. The third-order valence-electron chi connectivity index (χ3n) is 1.79. The molecule has 1 rings (SSSR count). The molecular formula is C9H14BrN3O. The summed E-state index contributed by atoms with van der Waals surface area (Å²) in [7, 11) is 0. The van der Waals surface area contributed by atoms with E-state index in [1.807, 2.05) is 0 Å². The Hall–Kier alpha value is -0.680.